The van der Waals surface area contributed by atoms with Crippen LogP contribution >= 0.6 is 11.6 Å². The topological polar surface area (TPSA) is 82.9 Å². The van der Waals surface area contributed by atoms with Gasteiger partial charge in [0, 0.05) is 18.7 Å². The van der Waals surface area contributed by atoms with Gasteiger partial charge in [-0.25, -0.2) is 8.42 Å². The molecule has 0 radical (unpaired) electrons. The molecule has 34 heavy (non-hydrogen) atoms. The second kappa shape index (κ2) is 9.44. The van der Waals surface area contributed by atoms with Gasteiger partial charge in [0.2, 0.25) is 0 Å². The summed E-state index contributed by atoms with van der Waals surface area (Å²) in [4.78, 5) is 15.3. The number of nitrogens with one attached hydrogen (secondary N) is 1. The van der Waals surface area contributed by atoms with Gasteiger partial charge in [0.05, 0.1) is 23.0 Å². The fourth-order valence-corrected chi connectivity index (χ4v) is 6.76. The van der Waals surface area contributed by atoms with Crippen molar-refractivity contribution in [1.82, 2.24) is 10.2 Å². The summed E-state index contributed by atoms with van der Waals surface area (Å²) in [6.45, 7) is 2.59. The molecule has 3 heterocycles. The Hall–Kier alpha value is -2.81. The normalized spacial score (nSPS) is 17.0. The standard InChI is InChI=1S/C25H26ClN3O4S/c26-20-10-9-19(16-24(20)34(31,32)29-14-11-18-6-1-2-7-21(18)29)25(30)27-17-22(23-8-5-15-33-23)28-12-3-4-13-28/h1-2,5-10,15-16,22H,3-4,11-14,17H2,(H,27,30)/t22-/m1/s1. The minimum Gasteiger partial charge on any atom is -0.468 e. The number of para-hydroxylation sites is 1. The average molecular weight is 500 g/mol. The van der Waals surface area contributed by atoms with Crippen molar-refractivity contribution in [2.24, 2.45) is 0 Å². The first kappa shape index (κ1) is 23.0. The van der Waals surface area contributed by atoms with Crippen LogP contribution in [0.3, 0.4) is 0 Å². The summed E-state index contributed by atoms with van der Waals surface area (Å²) in [6, 6.07) is 15.5. The van der Waals surface area contributed by atoms with Crippen molar-refractivity contribution in [3.63, 3.8) is 0 Å². The van der Waals surface area contributed by atoms with Gasteiger partial charge in [-0.1, -0.05) is 29.8 Å². The van der Waals surface area contributed by atoms with Crippen LogP contribution in [-0.2, 0) is 16.4 Å². The number of hydrogen-bond acceptors (Lipinski definition) is 5. The van der Waals surface area contributed by atoms with Gasteiger partial charge < -0.3 is 9.73 Å². The summed E-state index contributed by atoms with van der Waals surface area (Å²) < 4.78 is 33.9. The fourth-order valence-electron chi connectivity index (χ4n) is 4.75. The average Bonchev–Trinajstić information content (AvgIpc) is 3.61. The maximum absolute atomic E-state index is 13.5. The zero-order valence-electron chi connectivity index (χ0n) is 18.6. The number of likely N-dealkylation sites (tertiary alicyclic amines) is 1. The number of furan rings is 1. The molecule has 7 nitrogen and oxygen atoms in total. The first-order chi connectivity index (χ1) is 16.4. The number of carbonyl (C=O) groups is 1. The molecule has 1 aromatic heterocycles. The van der Waals surface area contributed by atoms with E-state index in [2.05, 4.69) is 10.2 Å². The van der Waals surface area contributed by atoms with E-state index in [4.69, 9.17) is 16.0 Å². The molecular formula is C25H26ClN3O4S. The lowest BCUT2D eigenvalue weighted by molar-refractivity contribution is 0.0933. The number of amides is 1. The second-order valence-corrected chi connectivity index (χ2v) is 10.8. The Morgan fingerprint density at radius 2 is 1.85 bits per heavy atom. The number of hydrogen-bond donors (Lipinski definition) is 1. The maximum Gasteiger partial charge on any atom is 0.265 e. The fraction of sp³-hybridized carbons (Fsp3) is 0.320. The van der Waals surface area contributed by atoms with Crippen molar-refractivity contribution in [3.05, 3.63) is 82.8 Å². The minimum atomic E-state index is -3.92. The quantitative estimate of drug-likeness (QED) is 0.525. The van der Waals surface area contributed by atoms with Gasteiger partial charge in [0.1, 0.15) is 10.7 Å². The molecule has 3 aromatic rings. The van der Waals surface area contributed by atoms with E-state index in [0.717, 1.165) is 37.3 Å². The van der Waals surface area contributed by atoms with Crippen molar-refractivity contribution in [2.45, 2.75) is 30.2 Å². The number of sulfonamides is 1. The lowest BCUT2D eigenvalue weighted by Gasteiger charge is -2.26. The molecule has 9 heteroatoms. The highest BCUT2D eigenvalue weighted by Crippen LogP contribution is 2.35. The summed E-state index contributed by atoms with van der Waals surface area (Å²) in [5.74, 6) is 0.444. The molecule has 1 saturated heterocycles. The number of benzene rings is 2. The predicted molar refractivity (Wildman–Crippen MR) is 131 cm³/mol. The Balaban J connectivity index is 1.37. The number of rotatable bonds is 7. The van der Waals surface area contributed by atoms with Gasteiger partial charge in [-0.2, -0.15) is 0 Å². The first-order valence-electron chi connectivity index (χ1n) is 11.4. The Labute approximate surface area is 204 Å². The Morgan fingerprint density at radius 3 is 2.62 bits per heavy atom. The number of nitrogens with zero attached hydrogens (tertiary/aromatic N) is 2. The van der Waals surface area contributed by atoms with Gasteiger partial charge in [-0.15, -0.1) is 0 Å². The summed E-state index contributed by atoms with van der Waals surface area (Å²) in [6.07, 6.45) is 4.50. The van der Waals surface area contributed by atoms with Crippen LogP contribution in [0.25, 0.3) is 0 Å². The van der Waals surface area contributed by atoms with Crippen molar-refractivity contribution >= 4 is 33.2 Å². The van der Waals surface area contributed by atoms with Crippen LogP contribution in [0.4, 0.5) is 5.69 Å². The molecule has 0 bridgehead atoms. The third kappa shape index (κ3) is 4.33. The molecule has 1 amide bonds. The van der Waals surface area contributed by atoms with Crippen molar-refractivity contribution in [1.29, 1.82) is 0 Å². The summed E-state index contributed by atoms with van der Waals surface area (Å²) in [7, 11) is -3.92. The second-order valence-electron chi connectivity index (χ2n) is 8.59. The van der Waals surface area contributed by atoms with E-state index < -0.39 is 10.0 Å². The Bertz CT molecular complexity index is 1290. The van der Waals surface area contributed by atoms with Gasteiger partial charge in [0.15, 0.2) is 0 Å². The SMILES string of the molecule is O=C(NC[C@H](c1ccco1)N1CCCC1)c1ccc(Cl)c(S(=O)(=O)N2CCc3ccccc32)c1. The van der Waals surface area contributed by atoms with Crippen LogP contribution in [0.15, 0.2) is 70.2 Å². The molecule has 0 unspecified atom stereocenters. The summed E-state index contributed by atoms with van der Waals surface area (Å²) in [5.41, 5.74) is 1.87. The molecule has 1 atom stereocenters. The van der Waals surface area contributed by atoms with E-state index in [1.54, 1.807) is 18.4 Å². The van der Waals surface area contributed by atoms with E-state index in [1.807, 2.05) is 30.3 Å². The van der Waals surface area contributed by atoms with Crippen LogP contribution in [0.1, 0.15) is 40.6 Å². The maximum atomic E-state index is 13.5. The molecule has 2 aliphatic heterocycles. The lowest BCUT2D eigenvalue weighted by atomic mass is 10.1. The molecule has 178 valence electrons. The van der Waals surface area contributed by atoms with Gasteiger partial charge in [-0.05, 0) is 74.3 Å². The molecule has 0 saturated carbocycles. The molecule has 0 spiro atoms. The van der Waals surface area contributed by atoms with Crippen LogP contribution < -0.4 is 9.62 Å². The highest BCUT2D eigenvalue weighted by molar-refractivity contribution is 7.93. The Kier molecular flexibility index (Phi) is 6.38. The zero-order chi connectivity index (χ0) is 23.7. The third-order valence-corrected chi connectivity index (χ3v) is 8.81. The lowest BCUT2D eigenvalue weighted by Crippen LogP contribution is -2.36. The van der Waals surface area contributed by atoms with Crippen LogP contribution in [0, 0.1) is 0 Å². The van der Waals surface area contributed by atoms with E-state index >= 15 is 0 Å². The summed E-state index contributed by atoms with van der Waals surface area (Å²) in [5, 5.41) is 3.04. The molecule has 1 fully saturated rings. The highest BCUT2D eigenvalue weighted by atomic mass is 35.5. The molecular weight excluding hydrogens is 474 g/mol. The van der Waals surface area contributed by atoms with E-state index in [1.165, 1.54) is 16.4 Å². The molecule has 2 aliphatic rings. The van der Waals surface area contributed by atoms with Gasteiger partial charge in [-0.3, -0.25) is 14.0 Å². The Morgan fingerprint density at radius 1 is 1.06 bits per heavy atom. The van der Waals surface area contributed by atoms with E-state index in [-0.39, 0.29) is 27.4 Å². The molecule has 5 rings (SSSR count). The van der Waals surface area contributed by atoms with Crippen molar-refractivity contribution in [2.75, 3.05) is 30.5 Å². The van der Waals surface area contributed by atoms with Crippen molar-refractivity contribution in [3.8, 4) is 0 Å². The van der Waals surface area contributed by atoms with Crippen LogP contribution in [0.5, 0.6) is 0 Å². The number of halogens is 1. The summed E-state index contributed by atoms with van der Waals surface area (Å²) >= 11 is 6.32. The minimum absolute atomic E-state index is 0.0688. The molecule has 1 N–H and O–H groups in total. The first-order valence-corrected chi connectivity index (χ1v) is 13.2. The van der Waals surface area contributed by atoms with E-state index in [9.17, 15) is 13.2 Å². The van der Waals surface area contributed by atoms with Gasteiger partial charge >= 0.3 is 0 Å². The van der Waals surface area contributed by atoms with Gasteiger partial charge in [0.25, 0.3) is 15.9 Å². The van der Waals surface area contributed by atoms with Crippen LogP contribution in [0.2, 0.25) is 5.02 Å². The van der Waals surface area contributed by atoms with Crippen molar-refractivity contribution < 1.29 is 17.6 Å². The zero-order valence-corrected chi connectivity index (χ0v) is 20.2. The highest BCUT2D eigenvalue weighted by Gasteiger charge is 2.33. The number of fused-ring (bicyclic) bond motifs is 1. The third-order valence-electron chi connectivity index (χ3n) is 6.51. The monoisotopic (exact) mass is 499 g/mol. The molecule has 0 aliphatic carbocycles. The van der Waals surface area contributed by atoms with Crippen LogP contribution in [-0.4, -0.2) is 45.4 Å². The number of carbonyl (C=O) groups excluding carboxylic acids is 1. The molecule has 2 aromatic carbocycles. The smallest absolute Gasteiger partial charge is 0.265 e. The predicted octanol–water partition coefficient (Wildman–Crippen LogP) is 4.25. The number of anilines is 1. The largest absolute Gasteiger partial charge is 0.468 e. The van der Waals surface area contributed by atoms with E-state index in [0.29, 0.717) is 25.2 Å².